The highest BCUT2D eigenvalue weighted by molar-refractivity contribution is 7.18. The molecule has 0 saturated heterocycles. The zero-order valence-corrected chi connectivity index (χ0v) is 20.2. The third-order valence-corrected chi connectivity index (χ3v) is 6.20. The fraction of sp³-hybridized carbons (Fsp3) is 0.333. The number of benzene rings is 2. The summed E-state index contributed by atoms with van der Waals surface area (Å²) in [5, 5.41) is 15.0. The third-order valence-electron chi connectivity index (χ3n) is 5.32. The number of carbonyl (C=O) groups is 2. The Balaban J connectivity index is 1.76. The fourth-order valence-corrected chi connectivity index (χ4v) is 3.96. The van der Waals surface area contributed by atoms with E-state index in [0.29, 0.717) is 33.6 Å². The van der Waals surface area contributed by atoms with Gasteiger partial charge in [-0.05, 0) is 31.0 Å². The summed E-state index contributed by atoms with van der Waals surface area (Å²) in [6, 6.07) is 12.0. The Kier molecular flexibility index (Phi) is 8.00. The van der Waals surface area contributed by atoms with Crippen molar-refractivity contribution < 1.29 is 19.1 Å². The zero-order chi connectivity index (χ0) is 24.0. The monoisotopic (exact) mass is 468 g/mol. The molecule has 3 rings (SSSR count). The maximum atomic E-state index is 13.1. The lowest BCUT2D eigenvalue weighted by molar-refractivity contribution is -0.119. The van der Waals surface area contributed by atoms with Crippen molar-refractivity contribution in [1.82, 2.24) is 15.5 Å². The molecule has 2 atom stereocenters. The van der Waals surface area contributed by atoms with Gasteiger partial charge in [0, 0.05) is 17.2 Å². The first kappa shape index (κ1) is 24.2. The van der Waals surface area contributed by atoms with Crippen LogP contribution in [-0.4, -0.2) is 42.3 Å². The molecule has 2 unspecified atom stereocenters. The van der Waals surface area contributed by atoms with Gasteiger partial charge in [-0.1, -0.05) is 55.4 Å². The molecular formula is C24H28N4O4S. The highest BCUT2D eigenvalue weighted by atomic mass is 32.1. The van der Waals surface area contributed by atoms with Gasteiger partial charge in [0.1, 0.15) is 22.5 Å². The molecule has 0 fully saturated rings. The predicted molar refractivity (Wildman–Crippen MR) is 129 cm³/mol. The Morgan fingerprint density at radius 2 is 1.76 bits per heavy atom. The SMILES string of the molecule is CCC(C)C(NC(=O)c1cc(OC)cc(OC)c1)C(=O)Nc1nnc(-c2cccc(C)c2)s1. The smallest absolute Gasteiger partial charge is 0.252 e. The van der Waals surface area contributed by atoms with Crippen LogP contribution in [0, 0.1) is 12.8 Å². The van der Waals surface area contributed by atoms with E-state index in [1.165, 1.54) is 25.6 Å². The molecule has 1 heterocycles. The zero-order valence-electron chi connectivity index (χ0n) is 19.3. The molecule has 0 saturated carbocycles. The van der Waals surface area contributed by atoms with Gasteiger partial charge in [-0.25, -0.2) is 0 Å². The largest absolute Gasteiger partial charge is 0.497 e. The number of ether oxygens (including phenoxy) is 2. The Bertz CT molecular complexity index is 1110. The minimum absolute atomic E-state index is 0.106. The van der Waals surface area contributed by atoms with Crippen LogP contribution in [0.2, 0.25) is 0 Å². The summed E-state index contributed by atoms with van der Waals surface area (Å²) >= 11 is 1.28. The van der Waals surface area contributed by atoms with E-state index in [0.717, 1.165) is 11.1 Å². The predicted octanol–water partition coefficient (Wildman–Crippen LogP) is 4.31. The van der Waals surface area contributed by atoms with Crippen molar-refractivity contribution in [3.8, 4) is 22.1 Å². The van der Waals surface area contributed by atoms with Gasteiger partial charge in [0.2, 0.25) is 11.0 Å². The van der Waals surface area contributed by atoms with Crippen molar-refractivity contribution in [2.45, 2.75) is 33.2 Å². The van der Waals surface area contributed by atoms with E-state index >= 15 is 0 Å². The van der Waals surface area contributed by atoms with E-state index in [-0.39, 0.29) is 11.8 Å². The van der Waals surface area contributed by atoms with Crippen molar-refractivity contribution in [3.63, 3.8) is 0 Å². The van der Waals surface area contributed by atoms with Crippen LogP contribution in [0.15, 0.2) is 42.5 Å². The number of methoxy groups -OCH3 is 2. The topological polar surface area (TPSA) is 102 Å². The maximum absolute atomic E-state index is 13.1. The second-order valence-electron chi connectivity index (χ2n) is 7.71. The van der Waals surface area contributed by atoms with Crippen LogP contribution in [0.1, 0.15) is 36.2 Å². The normalized spacial score (nSPS) is 12.5. The van der Waals surface area contributed by atoms with Crippen LogP contribution in [0.25, 0.3) is 10.6 Å². The fourth-order valence-electron chi connectivity index (χ4n) is 3.22. The number of aromatic nitrogens is 2. The van der Waals surface area contributed by atoms with Gasteiger partial charge in [0.15, 0.2) is 0 Å². The van der Waals surface area contributed by atoms with E-state index < -0.39 is 11.9 Å². The average Bonchev–Trinajstić information content (AvgIpc) is 3.29. The number of amides is 2. The Hall–Kier alpha value is -3.46. The molecule has 0 bridgehead atoms. The first-order valence-electron chi connectivity index (χ1n) is 10.6. The van der Waals surface area contributed by atoms with Gasteiger partial charge in [-0.3, -0.25) is 14.9 Å². The molecular weight excluding hydrogens is 440 g/mol. The Labute approximate surface area is 197 Å². The van der Waals surface area contributed by atoms with E-state index in [1.807, 2.05) is 45.0 Å². The third kappa shape index (κ3) is 6.07. The minimum atomic E-state index is -0.758. The first-order chi connectivity index (χ1) is 15.8. The average molecular weight is 469 g/mol. The van der Waals surface area contributed by atoms with Crippen molar-refractivity contribution in [2.24, 2.45) is 5.92 Å². The van der Waals surface area contributed by atoms with Gasteiger partial charge < -0.3 is 14.8 Å². The molecule has 0 radical (unpaired) electrons. The lowest BCUT2D eigenvalue weighted by Crippen LogP contribution is -2.47. The Morgan fingerprint density at radius 1 is 1.06 bits per heavy atom. The second-order valence-corrected chi connectivity index (χ2v) is 8.69. The van der Waals surface area contributed by atoms with Crippen molar-refractivity contribution in [3.05, 3.63) is 53.6 Å². The van der Waals surface area contributed by atoms with Crippen LogP contribution >= 0.6 is 11.3 Å². The molecule has 0 aliphatic rings. The lowest BCUT2D eigenvalue weighted by atomic mass is 9.98. The molecule has 1 aromatic heterocycles. The van der Waals surface area contributed by atoms with Gasteiger partial charge in [0.05, 0.1) is 14.2 Å². The molecule has 174 valence electrons. The number of nitrogens with zero attached hydrogens (tertiary/aromatic N) is 2. The number of carbonyl (C=O) groups excluding carboxylic acids is 2. The number of hydrogen-bond acceptors (Lipinski definition) is 7. The van der Waals surface area contributed by atoms with Crippen LogP contribution in [0.3, 0.4) is 0 Å². The van der Waals surface area contributed by atoms with Gasteiger partial charge in [0.25, 0.3) is 5.91 Å². The molecule has 0 aliphatic carbocycles. The number of nitrogens with one attached hydrogen (secondary N) is 2. The molecule has 0 aliphatic heterocycles. The molecule has 2 aromatic carbocycles. The molecule has 33 heavy (non-hydrogen) atoms. The summed E-state index contributed by atoms with van der Waals surface area (Å²) in [6.07, 6.45) is 0.699. The molecule has 8 nitrogen and oxygen atoms in total. The highest BCUT2D eigenvalue weighted by Crippen LogP contribution is 2.27. The minimum Gasteiger partial charge on any atom is -0.497 e. The number of anilines is 1. The van der Waals surface area contributed by atoms with Gasteiger partial charge >= 0.3 is 0 Å². The van der Waals surface area contributed by atoms with Gasteiger partial charge in [-0.2, -0.15) is 0 Å². The van der Waals surface area contributed by atoms with E-state index in [2.05, 4.69) is 20.8 Å². The molecule has 0 spiro atoms. The van der Waals surface area contributed by atoms with E-state index in [1.54, 1.807) is 18.2 Å². The summed E-state index contributed by atoms with van der Waals surface area (Å²) in [5.41, 5.74) is 2.39. The molecule has 9 heteroatoms. The number of aryl methyl sites for hydroxylation is 1. The van der Waals surface area contributed by atoms with Gasteiger partial charge in [-0.15, -0.1) is 10.2 Å². The Morgan fingerprint density at radius 3 is 2.36 bits per heavy atom. The summed E-state index contributed by atoms with van der Waals surface area (Å²) in [6.45, 7) is 5.88. The second kappa shape index (κ2) is 10.9. The molecule has 2 N–H and O–H groups in total. The molecule has 3 aromatic rings. The van der Waals surface area contributed by atoms with E-state index in [9.17, 15) is 9.59 Å². The summed E-state index contributed by atoms with van der Waals surface area (Å²) in [7, 11) is 3.03. The van der Waals surface area contributed by atoms with Crippen molar-refractivity contribution >= 4 is 28.3 Å². The summed E-state index contributed by atoms with van der Waals surface area (Å²) < 4.78 is 10.5. The summed E-state index contributed by atoms with van der Waals surface area (Å²) in [4.78, 5) is 26.1. The maximum Gasteiger partial charge on any atom is 0.252 e. The standard InChI is InChI=1S/C24H28N4O4S/c1-6-15(3)20(25-21(29)17-11-18(31-4)13-19(12-17)32-5)22(30)26-24-28-27-23(33-24)16-9-7-8-14(2)10-16/h7-13,15,20H,6H2,1-5H3,(H,25,29)(H,26,28,30). The quantitative estimate of drug-likeness (QED) is 0.485. The summed E-state index contributed by atoms with van der Waals surface area (Å²) in [5.74, 6) is 0.124. The highest BCUT2D eigenvalue weighted by Gasteiger charge is 2.27. The number of rotatable bonds is 9. The first-order valence-corrected chi connectivity index (χ1v) is 11.4. The lowest BCUT2D eigenvalue weighted by Gasteiger charge is -2.23. The van der Waals surface area contributed by atoms with Crippen molar-refractivity contribution in [1.29, 1.82) is 0 Å². The van der Waals surface area contributed by atoms with Crippen LogP contribution in [-0.2, 0) is 4.79 Å². The molecule has 2 amide bonds. The number of hydrogen-bond donors (Lipinski definition) is 2. The van der Waals surface area contributed by atoms with Crippen LogP contribution in [0.4, 0.5) is 5.13 Å². The van der Waals surface area contributed by atoms with Crippen LogP contribution < -0.4 is 20.1 Å². The van der Waals surface area contributed by atoms with Crippen LogP contribution in [0.5, 0.6) is 11.5 Å². The van der Waals surface area contributed by atoms with Crippen molar-refractivity contribution in [2.75, 3.05) is 19.5 Å². The van der Waals surface area contributed by atoms with E-state index in [4.69, 9.17) is 9.47 Å².